The average Bonchev–Trinajstić information content (AvgIpc) is 2.67. The van der Waals surface area contributed by atoms with Gasteiger partial charge < -0.3 is 10.1 Å². The Labute approximate surface area is 194 Å². The van der Waals surface area contributed by atoms with Crippen molar-refractivity contribution in [3.8, 4) is 5.75 Å². The van der Waals surface area contributed by atoms with E-state index in [9.17, 15) is 13.2 Å². The number of sulfonamides is 1. The van der Waals surface area contributed by atoms with E-state index in [0.717, 1.165) is 16.1 Å². The molecular formula is C19H19Cl3N2O4S2. The van der Waals surface area contributed by atoms with Gasteiger partial charge in [-0.05, 0) is 35.9 Å². The molecule has 30 heavy (non-hydrogen) atoms. The second kappa shape index (κ2) is 9.87. The summed E-state index contributed by atoms with van der Waals surface area (Å²) < 4.78 is 31.2. The standard InChI is InChI=1S/C19H19Cl3N2O4S2/c1-30(26,27)24-10-18(28-17-5-4-14(21)9-16(17)24)19(25)23-6-7-29-11-12-2-3-13(20)8-15(12)22/h2-5,8-9,18H,6-7,10-11H2,1H3,(H,23,25)/t18-/m0/s1. The molecule has 0 spiro atoms. The fourth-order valence-electron chi connectivity index (χ4n) is 2.86. The van der Waals surface area contributed by atoms with Crippen LogP contribution in [0.5, 0.6) is 5.75 Å². The summed E-state index contributed by atoms with van der Waals surface area (Å²) in [6.07, 6.45) is 0.125. The molecule has 2 aromatic carbocycles. The molecule has 1 aliphatic rings. The first kappa shape index (κ1) is 23.3. The first-order chi connectivity index (χ1) is 14.1. The van der Waals surface area contributed by atoms with Gasteiger partial charge in [0.2, 0.25) is 10.0 Å². The van der Waals surface area contributed by atoms with Crippen molar-refractivity contribution in [2.75, 3.05) is 29.4 Å². The zero-order valence-corrected chi connectivity index (χ0v) is 19.8. The van der Waals surface area contributed by atoms with Gasteiger partial charge in [-0.3, -0.25) is 9.10 Å². The third-order valence-corrected chi connectivity index (χ3v) is 7.28. The number of carbonyl (C=O) groups excluding carboxylic acids is 1. The van der Waals surface area contributed by atoms with Gasteiger partial charge >= 0.3 is 0 Å². The largest absolute Gasteiger partial charge is 0.476 e. The highest BCUT2D eigenvalue weighted by Gasteiger charge is 2.35. The number of amides is 1. The van der Waals surface area contributed by atoms with Crippen LogP contribution < -0.4 is 14.4 Å². The molecule has 2 aromatic rings. The van der Waals surface area contributed by atoms with E-state index in [1.165, 1.54) is 6.07 Å². The first-order valence-corrected chi connectivity index (χ1v) is 13.0. The van der Waals surface area contributed by atoms with Crippen LogP contribution in [0, 0.1) is 0 Å². The summed E-state index contributed by atoms with van der Waals surface area (Å²) in [7, 11) is -3.60. The van der Waals surface area contributed by atoms with Gasteiger partial charge in [-0.1, -0.05) is 40.9 Å². The summed E-state index contributed by atoms with van der Waals surface area (Å²) in [5.74, 6) is 1.25. The second-order valence-corrected chi connectivity index (χ2v) is 10.9. The summed E-state index contributed by atoms with van der Waals surface area (Å²) in [5, 5.41) is 4.36. The maximum atomic E-state index is 12.5. The Hall–Kier alpha value is -1.32. The lowest BCUT2D eigenvalue weighted by Gasteiger charge is -2.34. The van der Waals surface area contributed by atoms with Crippen molar-refractivity contribution in [1.82, 2.24) is 5.32 Å². The number of nitrogens with one attached hydrogen (secondary N) is 1. The minimum atomic E-state index is -3.60. The number of rotatable bonds is 7. The fraction of sp³-hybridized carbons (Fsp3) is 0.316. The molecule has 1 heterocycles. The van der Waals surface area contributed by atoms with Crippen molar-refractivity contribution >= 4 is 68.2 Å². The van der Waals surface area contributed by atoms with E-state index in [1.807, 2.05) is 6.07 Å². The van der Waals surface area contributed by atoms with Crippen LogP contribution in [0.2, 0.25) is 15.1 Å². The van der Waals surface area contributed by atoms with Crippen molar-refractivity contribution in [2.24, 2.45) is 0 Å². The number of thioether (sulfide) groups is 1. The normalized spacial score (nSPS) is 16.0. The van der Waals surface area contributed by atoms with Crippen LogP contribution in [0.3, 0.4) is 0 Å². The molecule has 0 unspecified atom stereocenters. The molecule has 6 nitrogen and oxygen atoms in total. The van der Waals surface area contributed by atoms with E-state index in [4.69, 9.17) is 39.5 Å². The van der Waals surface area contributed by atoms with E-state index in [-0.39, 0.29) is 12.5 Å². The number of anilines is 1. The highest BCUT2D eigenvalue weighted by molar-refractivity contribution is 7.98. The van der Waals surface area contributed by atoms with Gasteiger partial charge in [-0.2, -0.15) is 11.8 Å². The molecule has 11 heteroatoms. The third kappa shape index (κ3) is 5.88. The Morgan fingerprint density at radius 2 is 1.90 bits per heavy atom. The minimum absolute atomic E-state index is 0.120. The molecule has 1 aliphatic heterocycles. The Morgan fingerprint density at radius 3 is 2.60 bits per heavy atom. The highest BCUT2D eigenvalue weighted by atomic mass is 35.5. The predicted octanol–water partition coefficient (Wildman–Crippen LogP) is 4.22. The molecule has 0 bridgehead atoms. The van der Waals surface area contributed by atoms with Crippen LogP contribution >= 0.6 is 46.6 Å². The molecule has 0 aliphatic carbocycles. The van der Waals surface area contributed by atoms with E-state index >= 15 is 0 Å². The lowest BCUT2D eigenvalue weighted by molar-refractivity contribution is -0.127. The summed E-state index contributed by atoms with van der Waals surface area (Å²) in [4.78, 5) is 12.5. The number of carbonyl (C=O) groups is 1. The maximum Gasteiger partial charge on any atom is 0.263 e. The Balaban J connectivity index is 1.55. The van der Waals surface area contributed by atoms with Gasteiger partial charge in [0.25, 0.3) is 5.91 Å². The van der Waals surface area contributed by atoms with Crippen LogP contribution in [0.4, 0.5) is 5.69 Å². The Morgan fingerprint density at radius 1 is 1.20 bits per heavy atom. The highest BCUT2D eigenvalue weighted by Crippen LogP contribution is 2.37. The molecule has 0 radical (unpaired) electrons. The van der Waals surface area contributed by atoms with Crippen LogP contribution in [-0.4, -0.2) is 45.5 Å². The molecule has 0 saturated carbocycles. The molecule has 1 amide bonds. The summed E-state index contributed by atoms with van der Waals surface area (Å²) in [6.45, 7) is 0.284. The molecular weight excluding hydrogens is 491 g/mol. The molecule has 162 valence electrons. The van der Waals surface area contributed by atoms with Crippen LogP contribution in [0.1, 0.15) is 5.56 Å². The molecule has 0 aromatic heterocycles. The lowest BCUT2D eigenvalue weighted by atomic mass is 10.2. The molecule has 0 fully saturated rings. The first-order valence-electron chi connectivity index (χ1n) is 8.88. The smallest absolute Gasteiger partial charge is 0.263 e. The summed E-state index contributed by atoms with van der Waals surface area (Å²) in [5.41, 5.74) is 1.29. The van der Waals surface area contributed by atoms with Crippen molar-refractivity contribution in [2.45, 2.75) is 11.9 Å². The van der Waals surface area contributed by atoms with Crippen molar-refractivity contribution < 1.29 is 17.9 Å². The number of halogens is 3. The van der Waals surface area contributed by atoms with Crippen molar-refractivity contribution in [3.05, 3.63) is 57.0 Å². The second-order valence-electron chi connectivity index (χ2n) is 6.59. The van der Waals surface area contributed by atoms with E-state index in [0.29, 0.717) is 44.6 Å². The molecule has 3 rings (SSSR count). The molecule has 1 atom stereocenters. The number of fused-ring (bicyclic) bond motifs is 1. The average molecular weight is 510 g/mol. The fourth-order valence-corrected chi connectivity index (χ4v) is 5.35. The third-order valence-electron chi connectivity index (χ3n) is 4.30. The van der Waals surface area contributed by atoms with Gasteiger partial charge in [0, 0.05) is 33.1 Å². The maximum absolute atomic E-state index is 12.5. The Bertz CT molecular complexity index is 1050. The van der Waals surface area contributed by atoms with Gasteiger partial charge in [0.1, 0.15) is 5.75 Å². The van der Waals surface area contributed by atoms with Crippen molar-refractivity contribution in [1.29, 1.82) is 0 Å². The zero-order chi connectivity index (χ0) is 21.9. The van der Waals surface area contributed by atoms with Crippen LogP contribution in [0.25, 0.3) is 0 Å². The SMILES string of the molecule is CS(=O)(=O)N1C[C@@H](C(=O)NCCSCc2ccc(Cl)cc2Cl)Oc2ccc(Cl)cc21. The van der Waals surface area contributed by atoms with Crippen LogP contribution in [-0.2, 0) is 20.6 Å². The van der Waals surface area contributed by atoms with Gasteiger partial charge in [0.15, 0.2) is 6.10 Å². The quantitative estimate of drug-likeness (QED) is 0.566. The number of hydrogen-bond acceptors (Lipinski definition) is 5. The van der Waals surface area contributed by atoms with Gasteiger partial charge in [-0.15, -0.1) is 0 Å². The zero-order valence-electron chi connectivity index (χ0n) is 15.9. The summed E-state index contributed by atoms with van der Waals surface area (Å²) >= 11 is 19.6. The molecule has 0 saturated heterocycles. The van der Waals surface area contributed by atoms with Crippen LogP contribution in [0.15, 0.2) is 36.4 Å². The number of benzene rings is 2. The van der Waals surface area contributed by atoms with E-state index < -0.39 is 16.1 Å². The van der Waals surface area contributed by atoms with Gasteiger partial charge in [0.05, 0.1) is 18.5 Å². The topological polar surface area (TPSA) is 75.7 Å². The number of hydrogen-bond donors (Lipinski definition) is 1. The minimum Gasteiger partial charge on any atom is -0.476 e. The lowest BCUT2D eigenvalue weighted by Crippen LogP contribution is -2.50. The van der Waals surface area contributed by atoms with Gasteiger partial charge in [-0.25, -0.2) is 8.42 Å². The monoisotopic (exact) mass is 508 g/mol. The van der Waals surface area contributed by atoms with E-state index in [1.54, 1.807) is 36.0 Å². The predicted molar refractivity (Wildman–Crippen MR) is 124 cm³/mol. The number of ether oxygens (including phenoxy) is 1. The number of nitrogens with zero attached hydrogens (tertiary/aromatic N) is 1. The Kier molecular flexibility index (Phi) is 7.68. The summed E-state index contributed by atoms with van der Waals surface area (Å²) in [6, 6.07) is 9.99. The molecule has 1 N–H and O–H groups in total. The van der Waals surface area contributed by atoms with E-state index in [2.05, 4.69) is 5.32 Å². The van der Waals surface area contributed by atoms with Crippen molar-refractivity contribution in [3.63, 3.8) is 0 Å².